The smallest absolute Gasteiger partial charge is 0.252 e. The molecule has 1 heterocycles. The summed E-state index contributed by atoms with van der Waals surface area (Å²) in [5.41, 5.74) is 1.68. The number of methoxy groups -OCH3 is 2. The average Bonchev–Trinajstić information content (AvgIpc) is 3.25. The minimum Gasteiger partial charge on any atom is -0.497 e. The van der Waals surface area contributed by atoms with E-state index < -0.39 is 11.9 Å². The average molecular weight is 458 g/mol. The van der Waals surface area contributed by atoms with Crippen LogP contribution in [0.1, 0.15) is 24.2 Å². The van der Waals surface area contributed by atoms with Gasteiger partial charge < -0.3 is 20.1 Å². The highest BCUT2D eigenvalue weighted by molar-refractivity contribution is 7.14. The van der Waals surface area contributed by atoms with Gasteiger partial charge in [-0.3, -0.25) is 9.59 Å². The standard InChI is InChI=1S/C23H24FN3O4S/c1-13(2)20(26-21(28)15-9-17(30-3)11-18(10-15)31-4)22(29)27-23-25-19(12-32-23)14-5-7-16(24)8-6-14/h5-13,20H,1-4H3,(H,26,28)(H,25,27,29)/t20-/m0/s1. The molecule has 0 unspecified atom stereocenters. The molecule has 0 aliphatic heterocycles. The number of amides is 2. The zero-order chi connectivity index (χ0) is 23.3. The monoisotopic (exact) mass is 457 g/mol. The number of hydrogen-bond donors (Lipinski definition) is 2. The van der Waals surface area contributed by atoms with Crippen LogP contribution in [0.4, 0.5) is 9.52 Å². The second kappa shape index (κ2) is 10.2. The van der Waals surface area contributed by atoms with Crippen LogP contribution in [0, 0.1) is 11.7 Å². The molecule has 0 aliphatic rings. The van der Waals surface area contributed by atoms with Crippen LogP contribution in [0.15, 0.2) is 47.8 Å². The Hall–Kier alpha value is -3.46. The Bertz CT molecular complexity index is 1080. The molecule has 1 aromatic heterocycles. The molecule has 3 aromatic rings. The molecule has 9 heteroatoms. The van der Waals surface area contributed by atoms with Crippen LogP contribution in [0.2, 0.25) is 0 Å². The van der Waals surface area contributed by atoms with E-state index in [-0.39, 0.29) is 17.6 Å². The van der Waals surface area contributed by atoms with Crippen molar-refractivity contribution in [3.63, 3.8) is 0 Å². The highest BCUT2D eigenvalue weighted by Crippen LogP contribution is 2.26. The van der Waals surface area contributed by atoms with Gasteiger partial charge in [-0.1, -0.05) is 13.8 Å². The Balaban J connectivity index is 1.73. The molecule has 3 rings (SSSR count). The maximum atomic E-state index is 13.1. The summed E-state index contributed by atoms with van der Waals surface area (Å²) in [6, 6.07) is 9.95. The van der Waals surface area contributed by atoms with Gasteiger partial charge in [0.1, 0.15) is 23.4 Å². The topological polar surface area (TPSA) is 89.5 Å². The molecule has 7 nitrogen and oxygen atoms in total. The number of nitrogens with one attached hydrogen (secondary N) is 2. The quantitative estimate of drug-likeness (QED) is 0.525. The third-order valence-corrected chi connectivity index (χ3v) is 5.48. The highest BCUT2D eigenvalue weighted by atomic mass is 32.1. The number of aromatic nitrogens is 1. The van der Waals surface area contributed by atoms with Crippen molar-refractivity contribution in [3.05, 3.63) is 59.2 Å². The summed E-state index contributed by atoms with van der Waals surface area (Å²) in [5.74, 6) is -0.387. The molecule has 2 N–H and O–H groups in total. The SMILES string of the molecule is COc1cc(OC)cc(C(=O)N[C@H](C(=O)Nc2nc(-c3ccc(F)cc3)cs2)C(C)C)c1. The number of ether oxygens (including phenoxy) is 2. The first-order valence-electron chi connectivity index (χ1n) is 9.87. The first kappa shape index (κ1) is 23.2. The van der Waals surface area contributed by atoms with Crippen LogP contribution in [0.3, 0.4) is 0 Å². The zero-order valence-electron chi connectivity index (χ0n) is 18.1. The fourth-order valence-corrected chi connectivity index (χ4v) is 3.69. The summed E-state index contributed by atoms with van der Waals surface area (Å²) in [4.78, 5) is 30.1. The molecular weight excluding hydrogens is 433 g/mol. The minimum absolute atomic E-state index is 0.178. The van der Waals surface area contributed by atoms with E-state index in [4.69, 9.17) is 9.47 Å². The summed E-state index contributed by atoms with van der Waals surface area (Å²) in [6.07, 6.45) is 0. The molecule has 1 atom stereocenters. The number of hydrogen-bond acceptors (Lipinski definition) is 6. The summed E-state index contributed by atoms with van der Waals surface area (Å²) >= 11 is 1.25. The molecular formula is C23H24FN3O4S. The van der Waals surface area contributed by atoms with Gasteiger partial charge >= 0.3 is 0 Å². The number of carbonyl (C=O) groups excluding carboxylic acids is 2. The van der Waals surface area contributed by atoms with Crippen molar-refractivity contribution >= 4 is 28.3 Å². The lowest BCUT2D eigenvalue weighted by atomic mass is 10.0. The van der Waals surface area contributed by atoms with Gasteiger partial charge in [-0.25, -0.2) is 9.37 Å². The first-order valence-corrected chi connectivity index (χ1v) is 10.7. The lowest BCUT2D eigenvalue weighted by Gasteiger charge is -2.21. The number of benzene rings is 2. The molecule has 0 saturated heterocycles. The lowest BCUT2D eigenvalue weighted by Crippen LogP contribution is -2.47. The van der Waals surface area contributed by atoms with E-state index in [2.05, 4.69) is 15.6 Å². The Morgan fingerprint density at radius 2 is 1.66 bits per heavy atom. The van der Waals surface area contributed by atoms with Crippen LogP contribution < -0.4 is 20.1 Å². The second-order valence-electron chi connectivity index (χ2n) is 7.33. The van der Waals surface area contributed by atoms with Gasteiger partial charge in [0.2, 0.25) is 5.91 Å². The van der Waals surface area contributed by atoms with Crippen molar-refractivity contribution in [1.82, 2.24) is 10.3 Å². The van der Waals surface area contributed by atoms with Crippen molar-refractivity contribution in [3.8, 4) is 22.8 Å². The maximum absolute atomic E-state index is 13.1. The van der Waals surface area contributed by atoms with Gasteiger partial charge in [0.25, 0.3) is 5.91 Å². The molecule has 2 amide bonds. The van der Waals surface area contributed by atoms with E-state index in [0.29, 0.717) is 27.9 Å². The van der Waals surface area contributed by atoms with Crippen LogP contribution >= 0.6 is 11.3 Å². The second-order valence-corrected chi connectivity index (χ2v) is 8.19. The van der Waals surface area contributed by atoms with E-state index >= 15 is 0 Å². The van der Waals surface area contributed by atoms with Crippen LogP contribution in [0.5, 0.6) is 11.5 Å². The fraction of sp³-hybridized carbons (Fsp3) is 0.261. The van der Waals surface area contributed by atoms with Crippen molar-refractivity contribution in [1.29, 1.82) is 0 Å². The number of rotatable bonds is 8. The maximum Gasteiger partial charge on any atom is 0.252 e. The van der Waals surface area contributed by atoms with E-state index in [0.717, 1.165) is 5.56 Å². The third-order valence-electron chi connectivity index (χ3n) is 4.72. The summed E-state index contributed by atoms with van der Waals surface area (Å²) < 4.78 is 23.5. The number of thiazole rings is 1. The molecule has 0 bridgehead atoms. The third kappa shape index (κ3) is 5.61. The number of nitrogens with zero attached hydrogens (tertiary/aromatic N) is 1. The number of carbonyl (C=O) groups is 2. The molecule has 2 aromatic carbocycles. The van der Waals surface area contributed by atoms with Gasteiger partial charge in [0.05, 0.1) is 19.9 Å². The molecule has 0 saturated carbocycles. The van der Waals surface area contributed by atoms with Crippen molar-refractivity contribution in [2.45, 2.75) is 19.9 Å². The molecule has 32 heavy (non-hydrogen) atoms. The van der Waals surface area contributed by atoms with Crippen molar-refractivity contribution < 1.29 is 23.5 Å². The Morgan fingerprint density at radius 3 is 2.22 bits per heavy atom. The van der Waals surface area contributed by atoms with E-state index in [1.54, 1.807) is 35.7 Å². The predicted molar refractivity (Wildman–Crippen MR) is 122 cm³/mol. The molecule has 0 aliphatic carbocycles. The van der Waals surface area contributed by atoms with E-state index in [1.807, 2.05) is 13.8 Å². The minimum atomic E-state index is -0.794. The van der Waals surface area contributed by atoms with E-state index in [9.17, 15) is 14.0 Å². The van der Waals surface area contributed by atoms with Gasteiger partial charge in [0.15, 0.2) is 5.13 Å². The van der Waals surface area contributed by atoms with Crippen LogP contribution in [0.25, 0.3) is 11.3 Å². The Morgan fingerprint density at radius 1 is 1.03 bits per heavy atom. The Labute approximate surface area is 189 Å². The highest BCUT2D eigenvalue weighted by Gasteiger charge is 2.26. The van der Waals surface area contributed by atoms with Crippen molar-refractivity contribution in [2.75, 3.05) is 19.5 Å². The van der Waals surface area contributed by atoms with Gasteiger partial charge in [-0.05, 0) is 42.3 Å². The van der Waals surface area contributed by atoms with Crippen LogP contribution in [-0.2, 0) is 4.79 Å². The number of halogens is 1. The largest absolute Gasteiger partial charge is 0.497 e. The predicted octanol–water partition coefficient (Wildman–Crippen LogP) is 4.36. The molecule has 0 fully saturated rings. The normalized spacial score (nSPS) is 11.7. The Kier molecular flexibility index (Phi) is 7.42. The van der Waals surface area contributed by atoms with Gasteiger partial charge in [-0.15, -0.1) is 11.3 Å². The van der Waals surface area contributed by atoms with Crippen molar-refractivity contribution in [2.24, 2.45) is 5.92 Å². The number of anilines is 1. The molecule has 0 radical (unpaired) electrons. The van der Waals surface area contributed by atoms with Gasteiger partial charge in [0, 0.05) is 22.6 Å². The van der Waals surface area contributed by atoms with Crippen LogP contribution in [-0.4, -0.2) is 37.1 Å². The molecule has 0 spiro atoms. The fourth-order valence-electron chi connectivity index (χ4n) is 2.97. The van der Waals surface area contributed by atoms with E-state index in [1.165, 1.54) is 37.7 Å². The zero-order valence-corrected chi connectivity index (χ0v) is 19.0. The molecule has 168 valence electrons. The first-order chi connectivity index (χ1) is 15.3. The van der Waals surface area contributed by atoms with Gasteiger partial charge in [-0.2, -0.15) is 0 Å². The summed E-state index contributed by atoms with van der Waals surface area (Å²) in [5, 5.41) is 7.69. The summed E-state index contributed by atoms with van der Waals surface area (Å²) in [7, 11) is 2.99. The summed E-state index contributed by atoms with van der Waals surface area (Å²) in [6.45, 7) is 3.67. The lowest BCUT2D eigenvalue weighted by molar-refractivity contribution is -0.118.